The fraction of sp³-hybridized carbons (Fsp3) is 0.205. The van der Waals surface area contributed by atoms with Crippen molar-refractivity contribution < 1.29 is 23.8 Å². The van der Waals surface area contributed by atoms with Gasteiger partial charge in [-0.15, -0.1) is 0 Å². The predicted molar refractivity (Wildman–Crippen MR) is 213 cm³/mol. The van der Waals surface area contributed by atoms with E-state index < -0.39 is 5.56 Å². The lowest BCUT2D eigenvalue weighted by Gasteiger charge is -2.30. The maximum Gasteiger partial charge on any atom is 0.260 e. The standard InChI is InChI=1S/C39H37Cl2N7O6/c1-6-31(49)43-25-10-8-23(9-11-25)21-48-37-24(17-27(38(48)51)33-34(40)29(52-4)19-30(53-5)35(33)41)20-42-39(46-37)45-36-22(3)16-26(47-12-14-54-15-13-47)18-28(36)44-32(50)7-2/h6-11,16-20H,1-2,12-15,21H2,3-5H3,(H,43,49)(H,44,50)(H,42,45,46). The van der Waals surface area contributed by atoms with E-state index in [0.717, 1.165) is 16.8 Å². The van der Waals surface area contributed by atoms with Gasteiger partial charge in [0, 0.05) is 47.7 Å². The van der Waals surface area contributed by atoms with Gasteiger partial charge in [-0.2, -0.15) is 4.98 Å². The number of aryl methyl sites for hydroxylation is 1. The Morgan fingerprint density at radius 2 is 1.59 bits per heavy atom. The van der Waals surface area contributed by atoms with Crippen LogP contribution >= 0.6 is 23.2 Å². The zero-order valence-electron chi connectivity index (χ0n) is 29.8. The third-order valence-electron chi connectivity index (χ3n) is 8.79. The molecule has 1 aliphatic rings. The molecular formula is C39H37Cl2N7O6. The number of amides is 2. The molecule has 2 amide bonds. The average Bonchev–Trinajstić information content (AvgIpc) is 3.18. The van der Waals surface area contributed by atoms with E-state index in [1.165, 1.54) is 30.9 Å². The summed E-state index contributed by atoms with van der Waals surface area (Å²) in [6.07, 6.45) is 3.95. The van der Waals surface area contributed by atoms with Crippen molar-refractivity contribution in [1.82, 2.24) is 14.5 Å². The first-order valence-electron chi connectivity index (χ1n) is 16.8. The molecule has 15 heteroatoms. The Bertz CT molecular complexity index is 2310. The van der Waals surface area contributed by atoms with Gasteiger partial charge in [-0.3, -0.25) is 19.0 Å². The molecule has 0 spiro atoms. The Hall–Kier alpha value is -5.89. The van der Waals surface area contributed by atoms with Crippen molar-refractivity contribution in [2.45, 2.75) is 13.5 Å². The van der Waals surface area contributed by atoms with Crippen molar-refractivity contribution in [3.8, 4) is 22.6 Å². The van der Waals surface area contributed by atoms with Gasteiger partial charge in [0.1, 0.15) is 17.1 Å². The van der Waals surface area contributed by atoms with Crippen LogP contribution in [0.2, 0.25) is 10.0 Å². The van der Waals surface area contributed by atoms with Crippen LogP contribution in [0.25, 0.3) is 22.2 Å². The minimum atomic E-state index is -0.458. The van der Waals surface area contributed by atoms with Gasteiger partial charge in [-0.1, -0.05) is 48.5 Å². The monoisotopic (exact) mass is 769 g/mol. The molecule has 1 saturated heterocycles. The molecule has 3 N–H and O–H groups in total. The summed E-state index contributed by atoms with van der Waals surface area (Å²) in [5, 5.41) is 9.64. The van der Waals surface area contributed by atoms with E-state index in [4.69, 9.17) is 42.4 Å². The molecule has 3 aromatic carbocycles. The van der Waals surface area contributed by atoms with Crippen LogP contribution in [0.3, 0.4) is 0 Å². The van der Waals surface area contributed by atoms with Crippen LogP contribution in [0, 0.1) is 6.92 Å². The first-order valence-corrected chi connectivity index (χ1v) is 17.5. The summed E-state index contributed by atoms with van der Waals surface area (Å²) in [4.78, 5) is 50.7. The summed E-state index contributed by atoms with van der Waals surface area (Å²) in [5.74, 6) is -0.0436. The Morgan fingerprint density at radius 3 is 2.22 bits per heavy atom. The number of morpholine rings is 1. The number of halogens is 2. The lowest BCUT2D eigenvalue weighted by Crippen LogP contribution is -2.36. The second kappa shape index (κ2) is 16.4. The number of ether oxygens (including phenoxy) is 3. The number of methoxy groups -OCH3 is 2. The van der Waals surface area contributed by atoms with Gasteiger partial charge in [-0.25, -0.2) is 4.98 Å². The molecule has 13 nitrogen and oxygen atoms in total. The van der Waals surface area contributed by atoms with E-state index in [1.54, 1.807) is 42.6 Å². The van der Waals surface area contributed by atoms with E-state index in [2.05, 4.69) is 39.0 Å². The molecule has 54 heavy (non-hydrogen) atoms. The fourth-order valence-electron chi connectivity index (χ4n) is 6.07. The zero-order valence-corrected chi connectivity index (χ0v) is 31.3. The molecule has 0 radical (unpaired) electrons. The number of fused-ring (bicyclic) bond motifs is 1. The molecule has 0 aliphatic carbocycles. The Balaban J connectivity index is 1.50. The highest BCUT2D eigenvalue weighted by Gasteiger charge is 2.24. The van der Waals surface area contributed by atoms with Gasteiger partial charge >= 0.3 is 0 Å². The van der Waals surface area contributed by atoms with E-state index in [0.29, 0.717) is 54.4 Å². The Labute approximate surface area is 321 Å². The van der Waals surface area contributed by atoms with Gasteiger partial charge in [-0.05, 0) is 60.5 Å². The van der Waals surface area contributed by atoms with Gasteiger partial charge in [0.25, 0.3) is 5.56 Å². The van der Waals surface area contributed by atoms with Crippen LogP contribution < -0.4 is 35.9 Å². The van der Waals surface area contributed by atoms with Gasteiger partial charge in [0.2, 0.25) is 17.8 Å². The van der Waals surface area contributed by atoms with Crippen LogP contribution in [0.5, 0.6) is 11.5 Å². The van der Waals surface area contributed by atoms with Crippen molar-refractivity contribution in [3.05, 3.63) is 112 Å². The Morgan fingerprint density at radius 1 is 0.944 bits per heavy atom. The number of anilines is 5. The topological polar surface area (TPSA) is 149 Å². The van der Waals surface area contributed by atoms with Crippen molar-refractivity contribution in [2.75, 3.05) is 61.4 Å². The maximum absolute atomic E-state index is 14.6. The number of pyridine rings is 1. The summed E-state index contributed by atoms with van der Waals surface area (Å²) >= 11 is 13.6. The highest BCUT2D eigenvalue weighted by molar-refractivity contribution is 6.41. The smallest absolute Gasteiger partial charge is 0.260 e. The minimum Gasteiger partial charge on any atom is -0.495 e. The van der Waals surface area contributed by atoms with Crippen LogP contribution in [0.4, 0.5) is 28.7 Å². The third kappa shape index (κ3) is 7.88. The molecule has 278 valence electrons. The van der Waals surface area contributed by atoms with Crippen molar-refractivity contribution in [3.63, 3.8) is 0 Å². The number of rotatable bonds is 12. The summed E-state index contributed by atoms with van der Waals surface area (Å²) in [5.41, 5.74) is 4.30. The van der Waals surface area contributed by atoms with Crippen LogP contribution in [0.1, 0.15) is 11.1 Å². The molecular weight excluding hydrogens is 733 g/mol. The predicted octanol–water partition coefficient (Wildman–Crippen LogP) is 6.97. The lowest BCUT2D eigenvalue weighted by atomic mass is 10.0. The van der Waals surface area contributed by atoms with E-state index in [-0.39, 0.29) is 57.0 Å². The second-order valence-corrected chi connectivity index (χ2v) is 13.0. The molecule has 0 atom stereocenters. The number of nitrogens with one attached hydrogen (secondary N) is 3. The fourth-order valence-corrected chi connectivity index (χ4v) is 6.77. The molecule has 0 unspecified atom stereocenters. The number of carbonyl (C=O) groups is 2. The van der Waals surface area contributed by atoms with Gasteiger partial charge < -0.3 is 35.1 Å². The SMILES string of the molecule is C=CC(=O)Nc1ccc(Cn2c(=O)c(-c3c(Cl)c(OC)cc(OC)c3Cl)cc3cnc(Nc4c(C)cc(N5CCOCC5)cc4NC(=O)C=C)nc32)cc1. The first-order chi connectivity index (χ1) is 26.0. The summed E-state index contributed by atoms with van der Waals surface area (Å²) in [6, 6.07) is 14.1. The highest BCUT2D eigenvalue weighted by Crippen LogP contribution is 2.45. The first kappa shape index (κ1) is 37.9. The number of nitrogens with zero attached hydrogens (tertiary/aromatic N) is 4. The average molecular weight is 771 g/mol. The van der Waals surface area contributed by atoms with Crippen LogP contribution in [-0.2, 0) is 20.9 Å². The molecule has 1 aliphatic heterocycles. The highest BCUT2D eigenvalue weighted by atomic mass is 35.5. The summed E-state index contributed by atoms with van der Waals surface area (Å²) in [7, 11) is 2.90. The number of hydrogen-bond donors (Lipinski definition) is 3. The zero-order chi connectivity index (χ0) is 38.5. The molecule has 5 aromatic rings. The summed E-state index contributed by atoms with van der Waals surface area (Å²) < 4.78 is 18.0. The number of benzene rings is 3. The van der Waals surface area contributed by atoms with Gasteiger partial charge in [0.15, 0.2) is 0 Å². The second-order valence-electron chi connectivity index (χ2n) is 12.2. The molecule has 3 heterocycles. The molecule has 0 saturated carbocycles. The van der Waals surface area contributed by atoms with Crippen molar-refractivity contribution in [2.24, 2.45) is 0 Å². The number of aromatic nitrogens is 3. The van der Waals surface area contributed by atoms with Crippen LogP contribution in [0.15, 0.2) is 84.8 Å². The maximum atomic E-state index is 14.6. The van der Waals surface area contributed by atoms with E-state index >= 15 is 0 Å². The third-order valence-corrected chi connectivity index (χ3v) is 9.54. The van der Waals surface area contributed by atoms with E-state index in [1.807, 2.05) is 19.1 Å². The Kier molecular flexibility index (Phi) is 11.5. The minimum absolute atomic E-state index is 0.0690. The van der Waals surface area contributed by atoms with Crippen LogP contribution in [-0.4, -0.2) is 66.9 Å². The van der Waals surface area contributed by atoms with Crippen molar-refractivity contribution in [1.29, 1.82) is 0 Å². The normalized spacial score (nSPS) is 12.6. The van der Waals surface area contributed by atoms with Crippen molar-refractivity contribution >= 4 is 74.7 Å². The quantitative estimate of drug-likeness (QED) is 0.114. The molecule has 1 fully saturated rings. The number of hydrogen-bond acceptors (Lipinski definition) is 10. The molecule has 0 bridgehead atoms. The lowest BCUT2D eigenvalue weighted by molar-refractivity contribution is -0.112. The van der Waals surface area contributed by atoms with Gasteiger partial charge in [0.05, 0.1) is 61.0 Å². The summed E-state index contributed by atoms with van der Waals surface area (Å²) in [6.45, 7) is 11.7. The molecule has 2 aromatic heterocycles. The largest absolute Gasteiger partial charge is 0.495 e. The number of carbonyl (C=O) groups excluding carboxylic acids is 2. The molecule has 6 rings (SSSR count). The van der Waals surface area contributed by atoms with E-state index in [9.17, 15) is 14.4 Å².